The highest BCUT2D eigenvalue weighted by molar-refractivity contribution is 7.55. The van der Waals surface area contributed by atoms with E-state index in [0.717, 1.165) is 8.58 Å². The van der Waals surface area contributed by atoms with E-state index in [1.807, 2.05) is 0 Å². The zero-order valence-electron chi connectivity index (χ0n) is 17.3. The molecule has 0 aromatic heterocycles. The lowest BCUT2D eigenvalue weighted by Crippen LogP contribution is -2.10. The number of rotatable bonds is 6. The van der Waals surface area contributed by atoms with Gasteiger partial charge in [-0.3, -0.25) is 0 Å². The van der Waals surface area contributed by atoms with Gasteiger partial charge in [-0.1, -0.05) is 100 Å². The van der Waals surface area contributed by atoms with E-state index < -0.39 is 0 Å². The summed E-state index contributed by atoms with van der Waals surface area (Å²) in [6.45, 7) is 18.4. The third-order valence-corrected chi connectivity index (χ3v) is 6.07. The van der Waals surface area contributed by atoms with Gasteiger partial charge in [-0.15, -0.1) is 0 Å². The van der Waals surface area contributed by atoms with Gasteiger partial charge in [0.25, 0.3) is 0 Å². The molecule has 0 unspecified atom stereocenters. The molecule has 2 aromatic rings. The molecule has 0 fully saturated rings. The first kappa shape index (κ1) is 20.2. The van der Waals surface area contributed by atoms with Crippen LogP contribution in [0, 0.1) is 0 Å². The molecule has 1 heteroatoms. The Kier molecular flexibility index (Phi) is 6.86. The highest BCUT2D eigenvalue weighted by Crippen LogP contribution is 2.26. The Bertz CT molecular complexity index is 594. The van der Waals surface area contributed by atoms with Crippen LogP contribution in [0.4, 0.5) is 0 Å². The van der Waals surface area contributed by atoms with E-state index >= 15 is 0 Å². The van der Waals surface area contributed by atoms with Gasteiger partial charge in [0.1, 0.15) is 0 Å². The van der Waals surface area contributed by atoms with Crippen molar-refractivity contribution in [1.82, 2.24) is 0 Å². The fraction of sp³-hybridized carbons (Fsp3) is 0.500. The van der Waals surface area contributed by atoms with Crippen molar-refractivity contribution in [1.29, 1.82) is 0 Å². The Labute approximate surface area is 157 Å². The quantitative estimate of drug-likeness (QED) is 0.500. The molecule has 0 heterocycles. The van der Waals surface area contributed by atoms with Crippen LogP contribution in [0.15, 0.2) is 36.4 Å². The lowest BCUT2D eigenvalue weighted by atomic mass is 9.96. The lowest BCUT2D eigenvalue weighted by molar-refractivity contribution is 0.835. The molecule has 0 bridgehead atoms. The van der Waals surface area contributed by atoms with Crippen LogP contribution >= 0.6 is 8.58 Å². The number of hydrogen-bond donors (Lipinski definition) is 0. The van der Waals surface area contributed by atoms with E-state index in [0.29, 0.717) is 23.7 Å². The van der Waals surface area contributed by atoms with Crippen LogP contribution in [0.1, 0.15) is 101 Å². The second kappa shape index (κ2) is 8.50. The standard InChI is InChI=1S/C24H35P/c1-15(2)19-9-20(16(3)4)12-23(11-19)25-24-13-21(17(5)6)10-22(14-24)18(7)8/h9-18,25H,1-8H3. The molecule has 0 nitrogen and oxygen atoms in total. The van der Waals surface area contributed by atoms with Gasteiger partial charge in [-0.2, -0.15) is 0 Å². The van der Waals surface area contributed by atoms with Crippen molar-refractivity contribution in [3.8, 4) is 0 Å². The van der Waals surface area contributed by atoms with Crippen molar-refractivity contribution in [3.63, 3.8) is 0 Å². The molecule has 2 rings (SSSR count). The predicted molar refractivity (Wildman–Crippen MR) is 117 cm³/mol. The van der Waals surface area contributed by atoms with Crippen LogP contribution in [0.3, 0.4) is 0 Å². The summed E-state index contributed by atoms with van der Waals surface area (Å²) in [7, 11) is 0.733. The van der Waals surface area contributed by atoms with E-state index in [9.17, 15) is 0 Å². The van der Waals surface area contributed by atoms with Crippen LogP contribution in [-0.2, 0) is 0 Å². The summed E-state index contributed by atoms with van der Waals surface area (Å²) in [5, 5.41) is 2.95. The van der Waals surface area contributed by atoms with Crippen molar-refractivity contribution in [2.75, 3.05) is 0 Å². The van der Waals surface area contributed by atoms with Crippen LogP contribution in [-0.4, -0.2) is 0 Å². The minimum absolute atomic E-state index is 0.579. The van der Waals surface area contributed by atoms with E-state index in [1.165, 1.54) is 32.9 Å². The predicted octanol–water partition coefficient (Wildman–Crippen LogP) is 6.81. The average molecular weight is 355 g/mol. The highest BCUT2D eigenvalue weighted by atomic mass is 31.1. The van der Waals surface area contributed by atoms with Gasteiger partial charge in [0.2, 0.25) is 0 Å². The van der Waals surface area contributed by atoms with E-state index in [1.54, 1.807) is 0 Å². The normalized spacial score (nSPS) is 12.0. The van der Waals surface area contributed by atoms with E-state index in [4.69, 9.17) is 0 Å². The monoisotopic (exact) mass is 354 g/mol. The van der Waals surface area contributed by atoms with E-state index in [2.05, 4.69) is 91.8 Å². The Morgan fingerprint density at radius 2 is 0.680 bits per heavy atom. The molecular formula is C24H35P. The zero-order chi connectivity index (χ0) is 18.7. The molecule has 25 heavy (non-hydrogen) atoms. The van der Waals surface area contributed by atoms with Crippen molar-refractivity contribution in [2.24, 2.45) is 0 Å². The third kappa shape index (κ3) is 5.42. The molecule has 0 spiro atoms. The Morgan fingerprint density at radius 3 is 0.880 bits per heavy atom. The van der Waals surface area contributed by atoms with Gasteiger partial charge >= 0.3 is 0 Å². The van der Waals surface area contributed by atoms with Crippen LogP contribution in [0.2, 0.25) is 0 Å². The summed E-state index contributed by atoms with van der Waals surface area (Å²) in [5.74, 6) is 2.32. The van der Waals surface area contributed by atoms with Crippen molar-refractivity contribution in [3.05, 3.63) is 58.7 Å². The molecule has 136 valence electrons. The highest BCUT2D eigenvalue weighted by Gasteiger charge is 2.11. The van der Waals surface area contributed by atoms with E-state index in [-0.39, 0.29) is 0 Å². The van der Waals surface area contributed by atoms with Gasteiger partial charge in [0.05, 0.1) is 0 Å². The number of benzene rings is 2. The first-order chi connectivity index (χ1) is 11.7. The average Bonchev–Trinajstić information content (AvgIpc) is 2.53. The van der Waals surface area contributed by atoms with Crippen LogP contribution < -0.4 is 10.6 Å². The molecule has 0 atom stereocenters. The van der Waals surface area contributed by atoms with Crippen LogP contribution in [0.5, 0.6) is 0 Å². The molecular weight excluding hydrogens is 319 g/mol. The molecule has 0 N–H and O–H groups in total. The first-order valence-corrected chi connectivity index (χ1v) is 10.7. The van der Waals surface area contributed by atoms with Crippen molar-refractivity contribution in [2.45, 2.75) is 79.1 Å². The SMILES string of the molecule is CC(C)c1cc(Pc2cc(C(C)C)cc(C(C)C)c2)cc(C(C)C)c1. The summed E-state index contributed by atoms with van der Waals surface area (Å²) >= 11 is 0. The summed E-state index contributed by atoms with van der Waals surface area (Å²) < 4.78 is 0. The Hall–Kier alpha value is -1.13. The smallest absolute Gasteiger partial charge is 0.0218 e. The summed E-state index contributed by atoms with van der Waals surface area (Å²) in [4.78, 5) is 0. The summed E-state index contributed by atoms with van der Waals surface area (Å²) in [6.07, 6.45) is 0. The Morgan fingerprint density at radius 1 is 0.440 bits per heavy atom. The first-order valence-electron chi connectivity index (χ1n) is 9.74. The summed E-state index contributed by atoms with van der Waals surface area (Å²) in [6, 6.07) is 14.5. The molecule has 0 radical (unpaired) electrons. The number of hydrogen-bond acceptors (Lipinski definition) is 0. The minimum Gasteiger partial charge on any atom is -0.0591 e. The topological polar surface area (TPSA) is 0 Å². The fourth-order valence-corrected chi connectivity index (χ4v) is 4.29. The van der Waals surface area contributed by atoms with Crippen molar-refractivity contribution < 1.29 is 0 Å². The van der Waals surface area contributed by atoms with Gasteiger partial charge in [0.15, 0.2) is 0 Å². The third-order valence-electron chi connectivity index (χ3n) is 4.91. The largest absolute Gasteiger partial charge is 0.0591 e. The molecule has 2 aromatic carbocycles. The molecule has 0 aliphatic carbocycles. The second-order valence-corrected chi connectivity index (χ2v) is 9.93. The maximum Gasteiger partial charge on any atom is -0.0218 e. The maximum absolute atomic E-state index is 2.42. The van der Waals surface area contributed by atoms with Gasteiger partial charge in [0, 0.05) is 0 Å². The summed E-state index contributed by atoms with van der Waals surface area (Å²) in [5.41, 5.74) is 5.88. The van der Waals surface area contributed by atoms with Crippen LogP contribution in [0.25, 0.3) is 0 Å². The van der Waals surface area contributed by atoms with Crippen molar-refractivity contribution >= 4 is 19.2 Å². The molecule has 0 saturated carbocycles. The van der Waals surface area contributed by atoms with Gasteiger partial charge in [-0.25, -0.2) is 0 Å². The molecule has 0 amide bonds. The minimum atomic E-state index is 0.579. The molecule has 0 aliphatic heterocycles. The second-order valence-electron chi connectivity index (χ2n) is 8.52. The lowest BCUT2D eigenvalue weighted by Gasteiger charge is -2.17. The molecule has 0 aliphatic rings. The maximum atomic E-state index is 2.42. The van der Waals surface area contributed by atoms with Gasteiger partial charge in [-0.05, 0) is 56.5 Å². The molecule has 0 saturated heterocycles. The van der Waals surface area contributed by atoms with Gasteiger partial charge < -0.3 is 0 Å². The Balaban J connectivity index is 2.44. The fourth-order valence-electron chi connectivity index (χ4n) is 3.00. The zero-order valence-corrected chi connectivity index (χ0v) is 18.3.